The quantitative estimate of drug-likeness (QED) is 0.862. The summed E-state index contributed by atoms with van der Waals surface area (Å²) >= 11 is 0. The van der Waals surface area contributed by atoms with Crippen LogP contribution >= 0.6 is 0 Å². The lowest BCUT2D eigenvalue weighted by molar-refractivity contribution is 0.0690. The predicted octanol–water partition coefficient (Wildman–Crippen LogP) is 0.556. The second kappa shape index (κ2) is 5.36. The molecule has 2 heterocycles. The Labute approximate surface area is 111 Å². The maximum atomic E-state index is 12.3. The molecule has 1 aliphatic heterocycles. The molecule has 1 unspecified atom stereocenters. The highest BCUT2D eigenvalue weighted by Gasteiger charge is 2.28. The summed E-state index contributed by atoms with van der Waals surface area (Å²) in [5, 5.41) is 8.88. The number of likely N-dealkylation sites (tertiary alicyclic amines) is 1. The maximum absolute atomic E-state index is 12.3. The first-order valence-corrected chi connectivity index (χ1v) is 6.14. The van der Waals surface area contributed by atoms with Gasteiger partial charge in [-0.25, -0.2) is 9.78 Å². The molecule has 1 atom stereocenters. The van der Waals surface area contributed by atoms with Crippen LogP contribution in [0.5, 0.6) is 0 Å². The van der Waals surface area contributed by atoms with E-state index in [2.05, 4.69) is 9.88 Å². The van der Waals surface area contributed by atoms with Crippen molar-refractivity contribution in [2.24, 2.45) is 0 Å². The summed E-state index contributed by atoms with van der Waals surface area (Å²) in [6, 6.07) is 3.25. The molecule has 1 saturated heterocycles. The number of carbonyl (C=O) groups excluding carboxylic acids is 1. The number of carbonyl (C=O) groups is 2. The fourth-order valence-electron chi connectivity index (χ4n) is 2.21. The molecule has 1 aromatic rings. The molecule has 6 nitrogen and oxygen atoms in total. The highest BCUT2D eigenvalue weighted by molar-refractivity contribution is 5.96. The van der Waals surface area contributed by atoms with Crippen molar-refractivity contribution in [3.8, 4) is 0 Å². The van der Waals surface area contributed by atoms with E-state index >= 15 is 0 Å². The predicted molar refractivity (Wildman–Crippen MR) is 69.2 cm³/mol. The third kappa shape index (κ3) is 2.90. The van der Waals surface area contributed by atoms with E-state index in [4.69, 9.17) is 5.11 Å². The van der Waals surface area contributed by atoms with Gasteiger partial charge in [0.05, 0.1) is 0 Å². The Kier molecular flexibility index (Phi) is 3.80. The Morgan fingerprint density at radius 3 is 2.79 bits per heavy atom. The lowest BCUT2D eigenvalue weighted by Gasteiger charge is -2.20. The number of amides is 1. The van der Waals surface area contributed by atoms with Crippen molar-refractivity contribution in [3.05, 3.63) is 29.6 Å². The Bertz CT molecular complexity index is 502. The van der Waals surface area contributed by atoms with Crippen molar-refractivity contribution in [2.45, 2.75) is 12.5 Å². The van der Waals surface area contributed by atoms with Crippen LogP contribution in [0.3, 0.4) is 0 Å². The molecule has 1 aliphatic rings. The molecule has 0 spiro atoms. The Morgan fingerprint density at radius 1 is 1.47 bits per heavy atom. The van der Waals surface area contributed by atoms with Crippen LogP contribution in [0.1, 0.15) is 27.3 Å². The van der Waals surface area contributed by atoms with Gasteiger partial charge in [-0.2, -0.15) is 0 Å². The lowest BCUT2D eigenvalue weighted by atomic mass is 10.2. The van der Waals surface area contributed by atoms with Crippen molar-refractivity contribution in [1.82, 2.24) is 14.8 Å². The fourth-order valence-corrected chi connectivity index (χ4v) is 2.21. The molecule has 0 aliphatic carbocycles. The first-order valence-electron chi connectivity index (χ1n) is 6.14. The molecule has 0 radical (unpaired) electrons. The molecule has 102 valence electrons. The zero-order valence-corrected chi connectivity index (χ0v) is 11.0. The number of likely N-dealkylation sites (N-methyl/N-ethyl adjacent to an activating group) is 1. The van der Waals surface area contributed by atoms with Crippen molar-refractivity contribution in [2.75, 3.05) is 27.2 Å². The molecular weight excluding hydrogens is 246 g/mol. The van der Waals surface area contributed by atoms with Crippen molar-refractivity contribution in [3.63, 3.8) is 0 Å². The normalized spacial score (nSPS) is 18.9. The van der Waals surface area contributed by atoms with Crippen LogP contribution in [0.2, 0.25) is 0 Å². The maximum Gasteiger partial charge on any atom is 0.354 e. The molecule has 2 rings (SSSR count). The first-order chi connectivity index (χ1) is 8.99. The van der Waals surface area contributed by atoms with Gasteiger partial charge in [-0.3, -0.25) is 4.79 Å². The molecule has 0 saturated carbocycles. The largest absolute Gasteiger partial charge is 0.477 e. The van der Waals surface area contributed by atoms with E-state index in [1.165, 1.54) is 12.3 Å². The van der Waals surface area contributed by atoms with E-state index in [1.54, 1.807) is 11.0 Å². The third-order valence-electron chi connectivity index (χ3n) is 3.41. The standard InChI is InChI=1S/C13H17N3O3/c1-15(2)10-4-6-16(8-10)12(17)9-3-5-14-11(7-9)13(18)19/h3,5,7,10H,4,6,8H2,1-2H3,(H,18,19). The van der Waals surface area contributed by atoms with Gasteiger partial charge in [0.25, 0.3) is 5.91 Å². The van der Waals surface area contributed by atoms with E-state index in [1.807, 2.05) is 14.1 Å². The molecule has 1 aromatic heterocycles. The summed E-state index contributed by atoms with van der Waals surface area (Å²) < 4.78 is 0. The highest BCUT2D eigenvalue weighted by atomic mass is 16.4. The molecule has 1 fully saturated rings. The number of aromatic nitrogens is 1. The number of rotatable bonds is 3. The molecule has 1 amide bonds. The number of hydrogen-bond acceptors (Lipinski definition) is 4. The van der Waals surface area contributed by atoms with Gasteiger partial charge in [0.2, 0.25) is 0 Å². The van der Waals surface area contributed by atoms with E-state index in [0.717, 1.165) is 6.42 Å². The van der Waals surface area contributed by atoms with Crippen LogP contribution in [0.4, 0.5) is 0 Å². The number of pyridine rings is 1. The van der Waals surface area contributed by atoms with E-state index in [9.17, 15) is 9.59 Å². The van der Waals surface area contributed by atoms with Crippen molar-refractivity contribution >= 4 is 11.9 Å². The fraction of sp³-hybridized carbons (Fsp3) is 0.462. The third-order valence-corrected chi connectivity index (χ3v) is 3.41. The summed E-state index contributed by atoms with van der Waals surface area (Å²) in [6.45, 7) is 1.38. The summed E-state index contributed by atoms with van der Waals surface area (Å²) in [7, 11) is 3.99. The molecule has 6 heteroatoms. The Balaban J connectivity index is 2.12. The van der Waals surface area contributed by atoms with Gasteiger partial charge in [-0.05, 0) is 32.6 Å². The minimum atomic E-state index is -1.12. The van der Waals surface area contributed by atoms with E-state index in [0.29, 0.717) is 24.7 Å². The number of carboxylic acid groups (broad SMARTS) is 1. The SMILES string of the molecule is CN(C)C1CCN(C(=O)c2ccnc(C(=O)O)c2)C1. The molecule has 1 N–H and O–H groups in total. The summed E-state index contributed by atoms with van der Waals surface area (Å²) in [5.41, 5.74) is 0.279. The van der Waals surface area contributed by atoms with Crippen molar-refractivity contribution < 1.29 is 14.7 Å². The minimum absolute atomic E-state index is 0.103. The monoisotopic (exact) mass is 263 g/mol. The highest BCUT2D eigenvalue weighted by Crippen LogP contribution is 2.16. The summed E-state index contributed by atoms with van der Waals surface area (Å²) in [4.78, 5) is 30.7. The van der Waals surface area contributed by atoms with Gasteiger partial charge in [-0.15, -0.1) is 0 Å². The average molecular weight is 263 g/mol. The van der Waals surface area contributed by atoms with Gasteiger partial charge >= 0.3 is 5.97 Å². The second-order valence-electron chi connectivity index (χ2n) is 4.89. The van der Waals surface area contributed by atoms with Crippen LogP contribution in [0.25, 0.3) is 0 Å². The van der Waals surface area contributed by atoms with Crippen LogP contribution in [-0.2, 0) is 0 Å². The van der Waals surface area contributed by atoms with E-state index < -0.39 is 5.97 Å². The Morgan fingerprint density at radius 2 is 2.21 bits per heavy atom. The molecule has 0 bridgehead atoms. The number of nitrogens with zero attached hydrogens (tertiary/aromatic N) is 3. The Hall–Kier alpha value is -1.95. The van der Waals surface area contributed by atoms with Crippen LogP contribution in [0.15, 0.2) is 18.3 Å². The first kappa shape index (κ1) is 13.5. The van der Waals surface area contributed by atoms with Gasteiger partial charge in [0.1, 0.15) is 5.69 Å². The molecular formula is C13H17N3O3. The van der Waals surface area contributed by atoms with Crippen LogP contribution in [-0.4, -0.2) is 65.0 Å². The van der Waals surface area contributed by atoms with Gasteiger partial charge in [-0.1, -0.05) is 0 Å². The van der Waals surface area contributed by atoms with Crippen LogP contribution in [0, 0.1) is 0 Å². The lowest BCUT2D eigenvalue weighted by Crippen LogP contribution is -2.34. The van der Waals surface area contributed by atoms with E-state index in [-0.39, 0.29) is 11.6 Å². The average Bonchev–Trinajstić information content (AvgIpc) is 2.87. The van der Waals surface area contributed by atoms with Crippen molar-refractivity contribution in [1.29, 1.82) is 0 Å². The number of hydrogen-bond donors (Lipinski definition) is 1. The smallest absolute Gasteiger partial charge is 0.354 e. The number of carboxylic acids is 1. The zero-order valence-electron chi connectivity index (χ0n) is 11.0. The topological polar surface area (TPSA) is 73.7 Å². The second-order valence-corrected chi connectivity index (χ2v) is 4.89. The van der Waals surface area contributed by atoms with Crippen LogP contribution < -0.4 is 0 Å². The molecule has 0 aromatic carbocycles. The summed E-state index contributed by atoms with van der Waals surface area (Å²) in [6.07, 6.45) is 2.30. The zero-order chi connectivity index (χ0) is 14.0. The summed E-state index contributed by atoms with van der Waals surface area (Å²) in [5.74, 6) is -1.25. The molecule has 19 heavy (non-hydrogen) atoms. The van der Waals surface area contributed by atoms with Gasteiger partial charge in [0, 0.05) is 30.9 Å². The minimum Gasteiger partial charge on any atom is -0.477 e. The van der Waals surface area contributed by atoms with Gasteiger partial charge < -0.3 is 14.9 Å². The number of aromatic carboxylic acids is 1. The van der Waals surface area contributed by atoms with Gasteiger partial charge in [0.15, 0.2) is 0 Å².